The van der Waals surface area contributed by atoms with Gasteiger partial charge in [-0.3, -0.25) is 4.79 Å². The van der Waals surface area contributed by atoms with Gasteiger partial charge in [0.1, 0.15) is 29.6 Å². The zero-order valence-corrected chi connectivity index (χ0v) is 14.9. The van der Waals surface area contributed by atoms with Gasteiger partial charge in [-0.05, 0) is 48.7 Å². The maximum Gasteiger partial charge on any atom is 0.307 e. The Morgan fingerprint density at radius 2 is 2.00 bits per heavy atom. The number of hydrogen-bond donors (Lipinski definition) is 1. The van der Waals surface area contributed by atoms with Crippen molar-refractivity contribution in [2.45, 2.75) is 25.9 Å². The molecular weight excluding hydrogens is 344 g/mol. The molecule has 0 saturated heterocycles. The highest BCUT2D eigenvalue weighted by Crippen LogP contribution is 2.47. The van der Waals surface area contributed by atoms with Gasteiger partial charge in [-0.1, -0.05) is 25.1 Å². The number of carbonyl (C=O) groups excluding carboxylic acids is 1. The van der Waals surface area contributed by atoms with Crippen molar-refractivity contribution in [2.24, 2.45) is 11.0 Å². The second-order valence-corrected chi connectivity index (χ2v) is 6.63. The maximum absolute atomic E-state index is 12.1. The molecule has 2 atom stereocenters. The minimum Gasteiger partial charge on any atom is -0.486 e. The Labute approximate surface area is 156 Å². The van der Waals surface area contributed by atoms with Crippen molar-refractivity contribution >= 4 is 12.1 Å². The van der Waals surface area contributed by atoms with Gasteiger partial charge in [0.15, 0.2) is 5.76 Å². The van der Waals surface area contributed by atoms with Gasteiger partial charge < -0.3 is 13.6 Å². The summed E-state index contributed by atoms with van der Waals surface area (Å²) in [6.07, 6.45) is 2.65. The number of furan rings is 2. The molecule has 6 heteroatoms. The Bertz CT molecular complexity index is 942. The minimum atomic E-state index is -0.431. The van der Waals surface area contributed by atoms with E-state index in [1.165, 1.54) is 6.21 Å². The lowest BCUT2D eigenvalue weighted by molar-refractivity contribution is 0.0923. The Kier molecular flexibility index (Phi) is 4.78. The predicted molar refractivity (Wildman–Crippen MR) is 99.8 cm³/mol. The lowest BCUT2D eigenvalue weighted by atomic mass is 10.3. The van der Waals surface area contributed by atoms with Crippen LogP contribution in [-0.4, -0.2) is 12.1 Å². The number of hydrazone groups is 1. The van der Waals surface area contributed by atoms with Gasteiger partial charge in [0.05, 0.1) is 6.21 Å². The second-order valence-electron chi connectivity index (χ2n) is 6.63. The Hall–Kier alpha value is -3.28. The van der Waals surface area contributed by atoms with E-state index in [0.717, 1.165) is 17.9 Å². The fourth-order valence-electron chi connectivity index (χ4n) is 2.81. The van der Waals surface area contributed by atoms with Crippen LogP contribution in [0.3, 0.4) is 0 Å². The summed E-state index contributed by atoms with van der Waals surface area (Å²) in [5, 5.41) is 3.92. The largest absolute Gasteiger partial charge is 0.486 e. The summed E-state index contributed by atoms with van der Waals surface area (Å²) in [4.78, 5) is 12.1. The SMILES string of the molecule is C[C@@H]1C[C@H]1c1ccc(/C=N\NC(=O)c2ccc(COc3ccccc3)o2)o1. The van der Waals surface area contributed by atoms with E-state index in [4.69, 9.17) is 13.6 Å². The van der Waals surface area contributed by atoms with Gasteiger partial charge >= 0.3 is 5.91 Å². The number of carbonyl (C=O) groups is 1. The fraction of sp³-hybridized carbons (Fsp3) is 0.238. The van der Waals surface area contributed by atoms with Crippen molar-refractivity contribution in [3.05, 3.63) is 77.6 Å². The van der Waals surface area contributed by atoms with Crippen molar-refractivity contribution in [3.8, 4) is 5.75 Å². The van der Waals surface area contributed by atoms with Crippen LogP contribution >= 0.6 is 0 Å². The molecule has 0 radical (unpaired) electrons. The van der Waals surface area contributed by atoms with Crippen LogP contribution in [-0.2, 0) is 6.61 Å². The summed E-state index contributed by atoms with van der Waals surface area (Å²) >= 11 is 0. The second kappa shape index (κ2) is 7.53. The smallest absolute Gasteiger partial charge is 0.307 e. The zero-order chi connectivity index (χ0) is 18.6. The number of amides is 1. The summed E-state index contributed by atoms with van der Waals surface area (Å²) in [6, 6.07) is 16.5. The van der Waals surface area contributed by atoms with E-state index < -0.39 is 5.91 Å². The molecule has 27 heavy (non-hydrogen) atoms. The Balaban J connectivity index is 1.28. The summed E-state index contributed by atoms with van der Waals surface area (Å²) in [7, 11) is 0. The molecule has 2 aromatic heterocycles. The fourth-order valence-corrected chi connectivity index (χ4v) is 2.81. The normalized spacial score (nSPS) is 18.6. The van der Waals surface area contributed by atoms with Gasteiger partial charge in [0, 0.05) is 5.92 Å². The van der Waals surface area contributed by atoms with Crippen molar-refractivity contribution in [3.63, 3.8) is 0 Å². The number of nitrogens with zero attached hydrogens (tertiary/aromatic N) is 1. The molecule has 4 rings (SSSR count). The monoisotopic (exact) mass is 364 g/mol. The summed E-state index contributed by atoms with van der Waals surface area (Å²) in [5.41, 5.74) is 2.43. The molecule has 1 fully saturated rings. The number of benzene rings is 1. The van der Waals surface area contributed by atoms with E-state index in [2.05, 4.69) is 17.5 Å². The number of rotatable bonds is 7. The molecule has 1 aliphatic carbocycles. The quantitative estimate of drug-likeness (QED) is 0.500. The Morgan fingerprint density at radius 3 is 2.78 bits per heavy atom. The molecule has 1 aromatic carbocycles. The van der Waals surface area contributed by atoms with E-state index in [0.29, 0.717) is 23.4 Å². The van der Waals surface area contributed by atoms with Crippen molar-refractivity contribution < 1.29 is 18.4 Å². The van der Waals surface area contributed by atoms with E-state index in [1.807, 2.05) is 42.5 Å². The van der Waals surface area contributed by atoms with E-state index in [-0.39, 0.29) is 12.4 Å². The number of ether oxygens (including phenoxy) is 1. The number of para-hydroxylation sites is 1. The van der Waals surface area contributed by atoms with Crippen molar-refractivity contribution in [2.75, 3.05) is 0 Å². The van der Waals surface area contributed by atoms with Crippen molar-refractivity contribution in [1.29, 1.82) is 0 Å². The molecule has 138 valence electrons. The van der Waals surface area contributed by atoms with Crippen LogP contribution in [0, 0.1) is 5.92 Å². The van der Waals surface area contributed by atoms with Gasteiger partial charge in [-0.25, -0.2) is 5.43 Å². The third-order valence-corrected chi connectivity index (χ3v) is 4.49. The van der Waals surface area contributed by atoms with E-state index >= 15 is 0 Å². The third kappa shape index (κ3) is 4.28. The molecule has 1 amide bonds. The van der Waals surface area contributed by atoms with Gasteiger partial charge in [0.25, 0.3) is 0 Å². The first kappa shape index (κ1) is 17.1. The summed E-state index contributed by atoms with van der Waals surface area (Å²) < 4.78 is 16.8. The number of hydrogen-bond acceptors (Lipinski definition) is 5. The van der Waals surface area contributed by atoms with Crippen LogP contribution in [0.4, 0.5) is 0 Å². The average molecular weight is 364 g/mol. The molecule has 3 aromatic rings. The summed E-state index contributed by atoms with van der Waals surface area (Å²) in [5.74, 6) is 3.82. The average Bonchev–Trinajstić information content (AvgIpc) is 3.09. The molecule has 6 nitrogen and oxygen atoms in total. The molecule has 2 heterocycles. The van der Waals surface area contributed by atoms with E-state index in [9.17, 15) is 4.79 Å². The van der Waals surface area contributed by atoms with Crippen LogP contribution in [0.5, 0.6) is 5.75 Å². The van der Waals surface area contributed by atoms with Crippen LogP contribution in [0.1, 0.15) is 47.1 Å². The highest BCUT2D eigenvalue weighted by molar-refractivity contribution is 5.92. The molecule has 0 unspecified atom stereocenters. The highest BCUT2D eigenvalue weighted by Gasteiger charge is 2.36. The van der Waals surface area contributed by atoms with Crippen LogP contribution in [0.15, 0.2) is 68.5 Å². The lowest BCUT2D eigenvalue weighted by Gasteiger charge is -2.03. The zero-order valence-electron chi connectivity index (χ0n) is 14.9. The van der Waals surface area contributed by atoms with Gasteiger partial charge in [0.2, 0.25) is 0 Å². The Morgan fingerprint density at radius 1 is 1.19 bits per heavy atom. The molecule has 1 saturated carbocycles. The molecular formula is C21H20N2O4. The third-order valence-electron chi connectivity index (χ3n) is 4.49. The molecule has 1 aliphatic rings. The van der Waals surface area contributed by atoms with Crippen LogP contribution in [0.25, 0.3) is 0 Å². The van der Waals surface area contributed by atoms with Gasteiger partial charge in [-0.15, -0.1) is 0 Å². The first-order valence-electron chi connectivity index (χ1n) is 8.89. The first-order valence-corrected chi connectivity index (χ1v) is 8.89. The van der Waals surface area contributed by atoms with Crippen LogP contribution < -0.4 is 10.2 Å². The lowest BCUT2D eigenvalue weighted by Crippen LogP contribution is -2.16. The molecule has 0 bridgehead atoms. The van der Waals surface area contributed by atoms with Crippen LogP contribution in [0.2, 0.25) is 0 Å². The van der Waals surface area contributed by atoms with Gasteiger partial charge in [-0.2, -0.15) is 5.10 Å². The molecule has 1 N–H and O–H groups in total. The standard InChI is InChI=1S/C21H20N2O4/c1-14-11-18(14)19-9-7-16(26-19)12-22-23-21(24)20-10-8-17(27-20)13-25-15-5-3-2-4-6-15/h2-10,12,14,18H,11,13H2,1H3,(H,23,24)/b22-12-/t14-,18-/m1/s1. The minimum absolute atomic E-state index is 0.172. The number of nitrogens with one attached hydrogen (secondary N) is 1. The summed E-state index contributed by atoms with van der Waals surface area (Å²) in [6.45, 7) is 2.44. The molecule has 0 aliphatic heterocycles. The predicted octanol–water partition coefficient (Wildman–Crippen LogP) is 4.34. The van der Waals surface area contributed by atoms with Crippen molar-refractivity contribution in [1.82, 2.24) is 5.43 Å². The molecule has 0 spiro atoms. The highest BCUT2D eigenvalue weighted by atomic mass is 16.5. The topological polar surface area (TPSA) is 77.0 Å². The van der Waals surface area contributed by atoms with E-state index in [1.54, 1.807) is 12.1 Å². The maximum atomic E-state index is 12.1. The first-order chi connectivity index (χ1) is 13.2.